The van der Waals surface area contributed by atoms with E-state index in [0.717, 1.165) is 12.8 Å². The fourth-order valence-electron chi connectivity index (χ4n) is 4.86. The highest BCUT2D eigenvalue weighted by molar-refractivity contribution is 6.22. The van der Waals surface area contributed by atoms with Crippen LogP contribution in [0.5, 0.6) is 0 Å². The number of Topliss-reactive ketones (excluding diaryl/α,β-unsaturated/α-hetero) is 1. The highest BCUT2D eigenvalue weighted by Gasteiger charge is 2.62. The Morgan fingerprint density at radius 3 is 2.68 bits per heavy atom. The van der Waals surface area contributed by atoms with Gasteiger partial charge in [0.05, 0.1) is 12.2 Å². The van der Waals surface area contributed by atoms with Crippen LogP contribution in [-0.4, -0.2) is 24.3 Å². The minimum Gasteiger partial charge on any atom is -0.462 e. The molecule has 7 nitrogen and oxygen atoms in total. The molecule has 0 radical (unpaired) electrons. The second-order valence-electron chi connectivity index (χ2n) is 9.17. The van der Waals surface area contributed by atoms with Crippen molar-refractivity contribution < 1.29 is 23.9 Å². The smallest absolute Gasteiger partial charge is 0.341 e. The van der Waals surface area contributed by atoms with Gasteiger partial charge in [0.25, 0.3) is 0 Å². The molecule has 2 aliphatic heterocycles. The molecule has 1 aromatic rings. The molecule has 3 aliphatic rings. The number of anilines is 1. The molecule has 0 fully saturated rings. The van der Waals surface area contributed by atoms with Gasteiger partial charge in [-0.25, -0.2) is 4.79 Å². The summed E-state index contributed by atoms with van der Waals surface area (Å²) in [6, 6.07) is 7.05. The van der Waals surface area contributed by atoms with E-state index in [1.54, 1.807) is 24.3 Å². The molecular weight excluding hydrogens is 396 g/mol. The van der Waals surface area contributed by atoms with Crippen LogP contribution in [0.1, 0.15) is 58.4 Å². The summed E-state index contributed by atoms with van der Waals surface area (Å²) in [5.41, 5.74) is 5.40. The van der Waals surface area contributed by atoms with Crippen LogP contribution in [0.3, 0.4) is 0 Å². The largest absolute Gasteiger partial charge is 0.462 e. The predicted octanol–water partition coefficient (Wildman–Crippen LogP) is 3.45. The summed E-state index contributed by atoms with van der Waals surface area (Å²) in [4.78, 5) is 40.2. The average Bonchev–Trinajstić information content (AvgIpc) is 2.96. The summed E-state index contributed by atoms with van der Waals surface area (Å²) < 4.78 is 11.3. The number of fused-ring (bicyclic) bond motifs is 3. The number of allylic oxidation sites excluding steroid dienone is 1. The topological polar surface area (TPSA) is 108 Å². The van der Waals surface area contributed by atoms with Gasteiger partial charge in [0.2, 0.25) is 11.8 Å². The van der Waals surface area contributed by atoms with Gasteiger partial charge in [-0.05, 0) is 17.9 Å². The first-order valence-electron chi connectivity index (χ1n) is 10.8. The monoisotopic (exact) mass is 424 g/mol. The number of nitrogens with two attached hydrogens (primary N) is 1. The van der Waals surface area contributed by atoms with Crippen molar-refractivity contribution in [2.45, 2.75) is 58.3 Å². The Morgan fingerprint density at radius 1 is 1.19 bits per heavy atom. The van der Waals surface area contributed by atoms with E-state index in [1.165, 1.54) is 0 Å². The van der Waals surface area contributed by atoms with Crippen LogP contribution in [0.4, 0.5) is 5.69 Å². The third kappa shape index (κ3) is 3.23. The maximum atomic E-state index is 13.6. The normalized spacial score (nSPS) is 24.0. The minimum atomic E-state index is -1.66. The van der Waals surface area contributed by atoms with Gasteiger partial charge in [0.1, 0.15) is 16.7 Å². The molecule has 3 N–H and O–H groups in total. The standard InChI is InChI=1S/C24H28N2O5/c1-4-5-8-11-30-21(28)19-20(25)31-17-13-23(2,3)12-16(27)18(17)24(19)14-9-6-7-10-15(14)26-22(24)29/h6-7,9-10H,4-5,8,11-13,25H2,1-3H3,(H,26,29). The van der Waals surface area contributed by atoms with Gasteiger partial charge < -0.3 is 20.5 Å². The van der Waals surface area contributed by atoms with Crippen molar-refractivity contribution in [3.63, 3.8) is 0 Å². The summed E-state index contributed by atoms with van der Waals surface area (Å²) in [7, 11) is 0. The fourth-order valence-corrected chi connectivity index (χ4v) is 4.86. The summed E-state index contributed by atoms with van der Waals surface area (Å²) in [5, 5.41) is 2.84. The molecule has 0 saturated carbocycles. The number of para-hydroxylation sites is 1. The maximum absolute atomic E-state index is 13.6. The number of benzene rings is 1. The molecule has 0 aromatic heterocycles. The zero-order valence-electron chi connectivity index (χ0n) is 18.2. The number of carbonyl (C=O) groups is 3. The lowest BCUT2D eigenvalue weighted by Gasteiger charge is -2.41. The lowest BCUT2D eigenvalue weighted by molar-refractivity contribution is -0.141. The number of ketones is 1. The van der Waals surface area contributed by atoms with E-state index in [0.29, 0.717) is 29.9 Å². The van der Waals surface area contributed by atoms with Crippen molar-refractivity contribution in [1.82, 2.24) is 0 Å². The van der Waals surface area contributed by atoms with Crippen LogP contribution in [0.25, 0.3) is 0 Å². The Kier molecular flexibility index (Phi) is 5.15. The quantitative estimate of drug-likeness (QED) is 0.554. The van der Waals surface area contributed by atoms with E-state index < -0.39 is 17.3 Å². The van der Waals surface area contributed by atoms with E-state index in [1.807, 2.05) is 13.8 Å². The fraction of sp³-hybridized carbons (Fsp3) is 0.458. The average molecular weight is 424 g/mol. The second kappa shape index (κ2) is 7.55. The third-order valence-corrected chi connectivity index (χ3v) is 6.17. The van der Waals surface area contributed by atoms with Crippen LogP contribution in [0, 0.1) is 5.41 Å². The number of esters is 1. The third-order valence-electron chi connectivity index (χ3n) is 6.17. The van der Waals surface area contributed by atoms with Crippen molar-refractivity contribution in [2.24, 2.45) is 11.1 Å². The predicted molar refractivity (Wildman–Crippen MR) is 115 cm³/mol. The molecule has 1 unspecified atom stereocenters. The molecule has 7 heteroatoms. The van der Waals surface area contributed by atoms with Crippen LogP contribution in [0.15, 0.2) is 47.1 Å². The number of hydrogen-bond acceptors (Lipinski definition) is 6. The Balaban J connectivity index is 1.89. The molecule has 0 saturated heterocycles. The van der Waals surface area contributed by atoms with E-state index in [9.17, 15) is 14.4 Å². The zero-order chi connectivity index (χ0) is 22.4. The van der Waals surface area contributed by atoms with E-state index >= 15 is 0 Å². The number of rotatable bonds is 5. The molecule has 31 heavy (non-hydrogen) atoms. The lowest BCUT2D eigenvalue weighted by Crippen LogP contribution is -2.50. The molecular formula is C24H28N2O5. The first kappa shape index (κ1) is 21.2. The van der Waals surface area contributed by atoms with E-state index in [-0.39, 0.29) is 41.3 Å². The van der Waals surface area contributed by atoms with Crippen LogP contribution >= 0.6 is 0 Å². The zero-order valence-corrected chi connectivity index (χ0v) is 18.2. The number of ether oxygens (including phenoxy) is 2. The van der Waals surface area contributed by atoms with Crippen molar-refractivity contribution in [1.29, 1.82) is 0 Å². The van der Waals surface area contributed by atoms with Gasteiger partial charge in [-0.2, -0.15) is 0 Å². The molecule has 164 valence electrons. The number of unbranched alkanes of at least 4 members (excludes halogenated alkanes) is 2. The van der Waals surface area contributed by atoms with E-state index in [2.05, 4.69) is 12.2 Å². The van der Waals surface area contributed by atoms with Gasteiger partial charge in [0, 0.05) is 24.1 Å². The molecule has 1 aromatic carbocycles. The van der Waals surface area contributed by atoms with Gasteiger partial charge in [-0.3, -0.25) is 9.59 Å². The van der Waals surface area contributed by atoms with Crippen LogP contribution in [0.2, 0.25) is 0 Å². The van der Waals surface area contributed by atoms with Gasteiger partial charge in [-0.1, -0.05) is 51.8 Å². The molecule has 1 aliphatic carbocycles. The summed E-state index contributed by atoms with van der Waals surface area (Å²) in [6.45, 7) is 6.18. The summed E-state index contributed by atoms with van der Waals surface area (Å²) >= 11 is 0. The van der Waals surface area contributed by atoms with E-state index in [4.69, 9.17) is 15.2 Å². The first-order chi connectivity index (χ1) is 14.7. The molecule has 1 spiro atoms. The minimum absolute atomic E-state index is 0.113. The van der Waals surface area contributed by atoms with Crippen molar-refractivity contribution in [3.8, 4) is 0 Å². The number of hydrogen-bond donors (Lipinski definition) is 2. The summed E-state index contributed by atoms with van der Waals surface area (Å²) in [6.07, 6.45) is 3.27. The van der Waals surface area contributed by atoms with Gasteiger partial charge >= 0.3 is 5.97 Å². The number of nitrogens with one attached hydrogen (secondary N) is 1. The molecule has 2 heterocycles. The van der Waals surface area contributed by atoms with Crippen LogP contribution < -0.4 is 11.1 Å². The first-order valence-corrected chi connectivity index (χ1v) is 10.8. The molecule has 4 rings (SSSR count). The Morgan fingerprint density at radius 2 is 1.94 bits per heavy atom. The molecule has 0 bridgehead atoms. The molecule has 1 amide bonds. The Labute approximate surface area is 181 Å². The van der Waals surface area contributed by atoms with Crippen molar-refractivity contribution in [2.75, 3.05) is 11.9 Å². The highest BCUT2D eigenvalue weighted by atomic mass is 16.5. The summed E-state index contributed by atoms with van der Waals surface area (Å²) in [5.74, 6) is -1.27. The van der Waals surface area contributed by atoms with Crippen molar-refractivity contribution in [3.05, 3.63) is 52.6 Å². The number of amides is 1. The Hall–Kier alpha value is -3.09. The second-order valence-corrected chi connectivity index (χ2v) is 9.17. The lowest BCUT2D eigenvalue weighted by atomic mass is 9.62. The van der Waals surface area contributed by atoms with Gasteiger partial charge in [0.15, 0.2) is 5.78 Å². The van der Waals surface area contributed by atoms with Crippen LogP contribution in [-0.2, 0) is 29.3 Å². The Bertz CT molecular complexity index is 1040. The van der Waals surface area contributed by atoms with Gasteiger partial charge in [-0.15, -0.1) is 0 Å². The number of carbonyl (C=O) groups excluding carboxylic acids is 3. The highest BCUT2D eigenvalue weighted by Crippen LogP contribution is 2.56. The maximum Gasteiger partial charge on any atom is 0.341 e. The molecule has 1 atom stereocenters. The van der Waals surface area contributed by atoms with Crippen molar-refractivity contribution >= 4 is 23.3 Å². The SMILES string of the molecule is CCCCCOC(=O)C1=C(N)OC2=C(C(=O)CC(C)(C)C2)C12C(=O)Nc1ccccc12.